The van der Waals surface area contributed by atoms with Gasteiger partial charge in [0.05, 0.1) is 11.7 Å². The molecule has 96 valence electrons. The third-order valence-electron chi connectivity index (χ3n) is 3.84. The molecule has 18 heavy (non-hydrogen) atoms. The summed E-state index contributed by atoms with van der Waals surface area (Å²) >= 11 is 0. The van der Waals surface area contributed by atoms with Gasteiger partial charge in [0.2, 0.25) is 0 Å². The highest BCUT2D eigenvalue weighted by atomic mass is 16.1. The molecule has 2 aliphatic rings. The van der Waals surface area contributed by atoms with Gasteiger partial charge >= 0.3 is 0 Å². The van der Waals surface area contributed by atoms with E-state index in [0.717, 1.165) is 18.5 Å². The van der Waals surface area contributed by atoms with E-state index in [9.17, 15) is 4.79 Å². The average Bonchev–Trinajstić information content (AvgIpc) is 2.67. The Labute approximate surface area is 106 Å². The molecule has 3 rings (SSSR count). The van der Waals surface area contributed by atoms with E-state index in [2.05, 4.69) is 17.0 Å². The number of hydrogen-bond donors (Lipinski definition) is 2. The smallest absolute Gasteiger partial charge is 0.261 e. The van der Waals surface area contributed by atoms with Gasteiger partial charge in [0.1, 0.15) is 11.4 Å². The van der Waals surface area contributed by atoms with Crippen LogP contribution in [0, 0.1) is 0 Å². The molecule has 1 aliphatic heterocycles. The van der Waals surface area contributed by atoms with Crippen LogP contribution in [0.25, 0.3) is 0 Å². The van der Waals surface area contributed by atoms with Crippen LogP contribution < -0.4 is 11.1 Å². The van der Waals surface area contributed by atoms with Crippen LogP contribution in [-0.2, 0) is 6.42 Å². The van der Waals surface area contributed by atoms with Crippen molar-refractivity contribution in [2.24, 2.45) is 0 Å². The molecule has 0 unspecified atom stereocenters. The van der Waals surface area contributed by atoms with Gasteiger partial charge in [-0.15, -0.1) is 0 Å². The third-order valence-corrected chi connectivity index (χ3v) is 3.84. The number of fused-ring (bicyclic) bond motifs is 1. The van der Waals surface area contributed by atoms with Crippen LogP contribution in [0.1, 0.15) is 54.2 Å². The Morgan fingerprint density at radius 1 is 1.33 bits per heavy atom. The van der Waals surface area contributed by atoms with Crippen molar-refractivity contribution in [2.75, 3.05) is 5.73 Å². The molecule has 1 saturated carbocycles. The first-order chi connectivity index (χ1) is 8.66. The van der Waals surface area contributed by atoms with E-state index in [1.807, 2.05) is 4.68 Å². The van der Waals surface area contributed by atoms with Gasteiger partial charge in [-0.1, -0.05) is 25.8 Å². The number of nitrogens with one attached hydrogen (secondary N) is 1. The van der Waals surface area contributed by atoms with Crippen LogP contribution in [0.2, 0.25) is 0 Å². The molecule has 3 N–H and O–H groups in total. The van der Waals surface area contributed by atoms with Crippen LogP contribution in [0.5, 0.6) is 0 Å². The van der Waals surface area contributed by atoms with E-state index in [1.165, 1.54) is 19.3 Å². The highest BCUT2D eigenvalue weighted by Gasteiger charge is 2.29. The molecule has 2 heterocycles. The molecule has 5 heteroatoms. The predicted molar refractivity (Wildman–Crippen MR) is 69.1 cm³/mol. The minimum absolute atomic E-state index is 0.166. The largest absolute Gasteiger partial charge is 0.383 e. The fraction of sp³-hybridized carbons (Fsp3) is 0.538. The summed E-state index contributed by atoms with van der Waals surface area (Å²) in [7, 11) is 0. The lowest BCUT2D eigenvalue weighted by Gasteiger charge is -2.22. The van der Waals surface area contributed by atoms with Gasteiger partial charge in [0.25, 0.3) is 5.91 Å². The van der Waals surface area contributed by atoms with Gasteiger partial charge in [-0.25, -0.2) is 4.68 Å². The van der Waals surface area contributed by atoms with E-state index in [1.54, 1.807) is 0 Å². The molecule has 1 aliphatic carbocycles. The lowest BCUT2D eigenvalue weighted by Crippen LogP contribution is -2.29. The Morgan fingerprint density at radius 2 is 2.06 bits per heavy atom. The normalized spacial score (nSPS) is 20.7. The monoisotopic (exact) mass is 246 g/mol. The van der Waals surface area contributed by atoms with Crippen molar-refractivity contribution in [1.29, 1.82) is 0 Å². The number of nitrogens with zero attached hydrogens (tertiary/aromatic N) is 2. The topological polar surface area (TPSA) is 72.9 Å². The summed E-state index contributed by atoms with van der Waals surface area (Å²) in [6, 6.07) is 0.352. The van der Waals surface area contributed by atoms with Crippen molar-refractivity contribution in [1.82, 2.24) is 15.1 Å². The number of amides is 1. The number of nitrogen functional groups attached to an aromatic ring is 1. The Bertz CT molecular complexity index is 511. The maximum Gasteiger partial charge on any atom is 0.261 e. The minimum atomic E-state index is -0.166. The summed E-state index contributed by atoms with van der Waals surface area (Å²) in [4.78, 5) is 11.9. The number of hydrogen-bond acceptors (Lipinski definition) is 3. The van der Waals surface area contributed by atoms with Crippen molar-refractivity contribution in [3.63, 3.8) is 0 Å². The van der Waals surface area contributed by atoms with Gasteiger partial charge in [-0.3, -0.25) is 4.79 Å². The summed E-state index contributed by atoms with van der Waals surface area (Å²) in [5, 5.41) is 7.27. The number of rotatable bonds is 1. The second kappa shape index (κ2) is 4.15. The summed E-state index contributed by atoms with van der Waals surface area (Å²) in [6.45, 7) is 3.79. The lowest BCUT2D eigenvalue weighted by atomic mass is 9.95. The minimum Gasteiger partial charge on any atom is -0.383 e. The van der Waals surface area contributed by atoms with Crippen molar-refractivity contribution in [3.05, 3.63) is 23.5 Å². The SMILES string of the molecule is C=C1Cc2nn(C3CCCCC3)c(N)c2C(=O)N1. The van der Waals surface area contributed by atoms with Crippen LogP contribution in [0.4, 0.5) is 5.82 Å². The second-order valence-corrected chi connectivity index (χ2v) is 5.18. The van der Waals surface area contributed by atoms with Crippen LogP contribution >= 0.6 is 0 Å². The molecule has 5 nitrogen and oxygen atoms in total. The Hall–Kier alpha value is -1.78. The number of nitrogens with two attached hydrogens (primary N) is 1. The average molecular weight is 246 g/mol. The fourth-order valence-electron chi connectivity index (χ4n) is 2.94. The summed E-state index contributed by atoms with van der Waals surface area (Å²) in [5.41, 5.74) is 8.12. The molecule has 0 saturated heterocycles. The first-order valence-electron chi connectivity index (χ1n) is 6.53. The number of allylic oxidation sites excluding steroid dienone is 1. The van der Waals surface area contributed by atoms with E-state index in [-0.39, 0.29) is 5.91 Å². The van der Waals surface area contributed by atoms with Gasteiger partial charge in [-0.2, -0.15) is 5.10 Å². The summed E-state index contributed by atoms with van der Waals surface area (Å²) in [6.07, 6.45) is 6.52. The Kier molecular flexibility index (Phi) is 2.61. The molecule has 0 radical (unpaired) electrons. The van der Waals surface area contributed by atoms with Gasteiger partial charge < -0.3 is 11.1 Å². The standard InChI is InChI=1S/C13H18N4O/c1-8-7-10-11(13(18)15-8)12(14)17(16-10)9-5-3-2-4-6-9/h9H,1-7,14H2,(H,15,18). The highest BCUT2D eigenvalue weighted by molar-refractivity contribution is 6.01. The number of aromatic nitrogens is 2. The van der Waals surface area contributed by atoms with Gasteiger partial charge in [-0.05, 0) is 12.8 Å². The quantitative estimate of drug-likeness (QED) is 0.793. The predicted octanol–water partition coefficient (Wildman–Crippen LogP) is 1.77. The van der Waals surface area contributed by atoms with Crippen LogP contribution in [0.3, 0.4) is 0 Å². The maximum absolute atomic E-state index is 11.9. The van der Waals surface area contributed by atoms with Gasteiger partial charge in [0.15, 0.2) is 0 Å². The van der Waals surface area contributed by atoms with E-state index in [0.29, 0.717) is 29.5 Å². The molecule has 1 aromatic rings. The van der Waals surface area contributed by atoms with E-state index in [4.69, 9.17) is 5.73 Å². The van der Waals surface area contributed by atoms with Crippen LogP contribution in [0.15, 0.2) is 12.3 Å². The number of carbonyl (C=O) groups is 1. The van der Waals surface area contributed by atoms with E-state index >= 15 is 0 Å². The molecule has 1 amide bonds. The number of anilines is 1. The molecular weight excluding hydrogens is 228 g/mol. The zero-order valence-electron chi connectivity index (χ0n) is 10.4. The lowest BCUT2D eigenvalue weighted by molar-refractivity contribution is 0.0960. The third kappa shape index (κ3) is 1.70. The molecular formula is C13H18N4O. The first kappa shape index (κ1) is 11.3. The Morgan fingerprint density at radius 3 is 2.78 bits per heavy atom. The van der Waals surface area contributed by atoms with Crippen molar-refractivity contribution < 1.29 is 4.79 Å². The molecule has 0 aromatic carbocycles. The molecule has 1 fully saturated rings. The second-order valence-electron chi connectivity index (χ2n) is 5.18. The molecule has 1 aromatic heterocycles. The van der Waals surface area contributed by atoms with E-state index < -0.39 is 0 Å². The fourth-order valence-corrected chi connectivity index (χ4v) is 2.94. The van der Waals surface area contributed by atoms with Crippen molar-refractivity contribution in [2.45, 2.75) is 44.6 Å². The Balaban J connectivity index is 2.00. The zero-order valence-corrected chi connectivity index (χ0v) is 10.4. The van der Waals surface area contributed by atoms with Gasteiger partial charge in [0, 0.05) is 12.1 Å². The summed E-state index contributed by atoms with van der Waals surface area (Å²) in [5.74, 6) is 0.350. The van der Waals surface area contributed by atoms with Crippen molar-refractivity contribution in [3.8, 4) is 0 Å². The first-order valence-corrected chi connectivity index (χ1v) is 6.53. The molecule has 0 atom stereocenters. The molecule has 0 bridgehead atoms. The van der Waals surface area contributed by atoms with Crippen LogP contribution in [-0.4, -0.2) is 15.7 Å². The summed E-state index contributed by atoms with van der Waals surface area (Å²) < 4.78 is 1.86. The molecule has 0 spiro atoms. The maximum atomic E-state index is 11.9. The zero-order chi connectivity index (χ0) is 12.7. The number of carbonyl (C=O) groups excluding carboxylic acids is 1. The van der Waals surface area contributed by atoms with Crippen molar-refractivity contribution >= 4 is 11.7 Å². The highest BCUT2D eigenvalue weighted by Crippen LogP contribution is 2.32.